The molecule has 0 amide bonds. The quantitative estimate of drug-likeness (QED) is 0.681. The fourth-order valence-electron chi connectivity index (χ4n) is 4.58. The standard InChI is InChI=1S/C14H20O2/c1-12(2)11(16)5-6-13(12,3)14-7-4-10(15)9(14)8-14/h9H,4-8H2,1-3H3/t9-,13-,14-/m0/s1. The number of carbonyl (C=O) groups excluding carboxylic acids is 2. The lowest BCUT2D eigenvalue weighted by Gasteiger charge is -2.44. The maximum Gasteiger partial charge on any atom is 0.139 e. The van der Waals surface area contributed by atoms with Crippen molar-refractivity contribution in [1.29, 1.82) is 0 Å². The minimum atomic E-state index is -0.230. The first-order valence-electron chi connectivity index (χ1n) is 6.41. The maximum absolute atomic E-state index is 12.0. The van der Waals surface area contributed by atoms with E-state index in [2.05, 4.69) is 20.8 Å². The molecule has 0 bridgehead atoms. The fourth-order valence-corrected chi connectivity index (χ4v) is 4.58. The van der Waals surface area contributed by atoms with Gasteiger partial charge in [0.05, 0.1) is 0 Å². The summed E-state index contributed by atoms with van der Waals surface area (Å²) in [5.41, 5.74) is 0.0278. The monoisotopic (exact) mass is 220 g/mol. The van der Waals surface area contributed by atoms with Crippen molar-refractivity contribution in [3.8, 4) is 0 Å². The van der Waals surface area contributed by atoms with Gasteiger partial charge in [0.15, 0.2) is 0 Å². The van der Waals surface area contributed by atoms with Crippen LogP contribution < -0.4 is 0 Å². The number of carbonyl (C=O) groups is 2. The highest BCUT2D eigenvalue weighted by Crippen LogP contribution is 2.77. The van der Waals surface area contributed by atoms with Crippen molar-refractivity contribution in [3.63, 3.8) is 0 Å². The van der Waals surface area contributed by atoms with Crippen LogP contribution in [0, 0.1) is 22.2 Å². The molecule has 0 spiro atoms. The van der Waals surface area contributed by atoms with Crippen molar-refractivity contribution in [2.24, 2.45) is 22.2 Å². The van der Waals surface area contributed by atoms with E-state index in [1.54, 1.807) is 0 Å². The SMILES string of the molecule is CC1(C)C(=O)CC[C@]1(C)[C@]12CCC(=O)[C@@H]1C2. The lowest BCUT2D eigenvalue weighted by Crippen LogP contribution is -2.41. The van der Waals surface area contributed by atoms with Crippen molar-refractivity contribution < 1.29 is 9.59 Å². The van der Waals surface area contributed by atoms with Gasteiger partial charge in [-0.1, -0.05) is 20.8 Å². The molecule has 3 aliphatic carbocycles. The summed E-state index contributed by atoms with van der Waals surface area (Å²) >= 11 is 0. The summed E-state index contributed by atoms with van der Waals surface area (Å²) in [6.45, 7) is 6.45. The van der Waals surface area contributed by atoms with Crippen LogP contribution in [0.25, 0.3) is 0 Å². The Hall–Kier alpha value is -0.660. The Morgan fingerprint density at radius 3 is 2.12 bits per heavy atom. The van der Waals surface area contributed by atoms with Crippen LogP contribution in [0.1, 0.15) is 52.9 Å². The van der Waals surface area contributed by atoms with Crippen LogP contribution in [0.5, 0.6) is 0 Å². The van der Waals surface area contributed by atoms with Crippen molar-refractivity contribution in [2.75, 3.05) is 0 Å². The molecule has 0 unspecified atom stereocenters. The topological polar surface area (TPSA) is 34.1 Å². The maximum atomic E-state index is 12.0. The molecular weight excluding hydrogens is 200 g/mol. The minimum Gasteiger partial charge on any atom is -0.299 e. The molecule has 3 saturated carbocycles. The van der Waals surface area contributed by atoms with E-state index in [1.807, 2.05) is 0 Å². The van der Waals surface area contributed by atoms with Crippen molar-refractivity contribution in [3.05, 3.63) is 0 Å². The van der Waals surface area contributed by atoms with Crippen LogP contribution in [0.4, 0.5) is 0 Å². The zero-order valence-electron chi connectivity index (χ0n) is 10.4. The molecule has 0 aromatic rings. The number of rotatable bonds is 1. The van der Waals surface area contributed by atoms with Gasteiger partial charge in [-0.05, 0) is 30.1 Å². The molecule has 3 atom stereocenters. The number of ketones is 2. The van der Waals surface area contributed by atoms with Crippen molar-refractivity contribution in [1.82, 2.24) is 0 Å². The Labute approximate surface area is 96.8 Å². The van der Waals surface area contributed by atoms with E-state index >= 15 is 0 Å². The Kier molecular flexibility index (Phi) is 1.70. The number of Topliss-reactive ketones (excluding diaryl/α,β-unsaturated/α-hetero) is 2. The number of fused-ring (bicyclic) bond motifs is 1. The molecule has 0 aromatic heterocycles. The van der Waals surface area contributed by atoms with Crippen LogP contribution in [0.3, 0.4) is 0 Å². The highest BCUT2D eigenvalue weighted by atomic mass is 16.1. The Morgan fingerprint density at radius 1 is 1.06 bits per heavy atom. The van der Waals surface area contributed by atoms with Gasteiger partial charge < -0.3 is 0 Å². The molecule has 3 rings (SSSR count). The second-order valence-electron chi connectivity index (χ2n) is 6.76. The predicted molar refractivity (Wildman–Crippen MR) is 60.9 cm³/mol. The summed E-state index contributed by atoms with van der Waals surface area (Å²) in [5, 5.41) is 0. The first-order chi connectivity index (χ1) is 7.35. The fraction of sp³-hybridized carbons (Fsp3) is 0.857. The molecule has 0 saturated heterocycles. The third-order valence-electron chi connectivity index (χ3n) is 6.31. The summed E-state index contributed by atoms with van der Waals surface area (Å²) < 4.78 is 0. The van der Waals surface area contributed by atoms with Gasteiger partial charge in [-0.25, -0.2) is 0 Å². The Morgan fingerprint density at radius 2 is 1.75 bits per heavy atom. The smallest absolute Gasteiger partial charge is 0.139 e. The van der Waals surface area contributed by atoms with E-state index in [9.17, 15) is 9.59 Å². The van der Waals surface area contributed by atoms with E-state index < -0.39 is 0 Å². The summed E-state index contributed by atoms with van der Waals surface area (Å²) in [7, 11) is 0. The lowest BCUT2D eigenvalue weighted by atomic mass is 9.59. The van der Waals surface area contributed by atoms with Gasteiger partial charge in [0.25, 0.3) is 0 Å². The van der Waals surface area contributed by atoms with Gasteiger partial charge in [-0.3, -0.25) is 9.59 Å². The molecule has 2 heteroatoms. The molecule has 2 nitrogen and oxygen atoms in total. The van der Waals surface area contributed by atoms with E-state index in [4.69, 9.17) is 0 Å². The minimum absolute atomic E-state index is 0.0634. The summed E-state index contributed by atoms with van der Waals surface area (Å²) in [4.78, 5) is 23.8. The number of hydrogen-bond acceptors (Lipinski definition) is 2. The third-order valence-corrected chi connectivity index (χ3v) is 6.31. The van der Waals surface area contributed by atoms with E-state index in [0.717, 1.165) is 25.7 Å². The lowest BCUT2D eigenvalue weighted by molar-refractivity contribution is -0.130. The Balaban J connectivity index is 2.02. The highest BCUT2D eigenvalue weighted by Gasteiger charge is 2.74. The molecule has 0 aliphatic heterocycles. The zero-order valence-corrected chi connectivity index (χ0v) is 10.4. The van der Waals surface area contributed by atoms with Gasteiger partial charge in [-0.2, -0.15) is 0 Å². The van der Waals surface area contributed by atoms with Crippen LogP contribution in [-0.4, -0.2) is 11.6 Å². The van der Waals surface area contributed by atoms with E-state index in [-0.39, 0.29) is 16.2 Å². The second kappa shape index (κ2) is 2.60. The molecule has 16 heavy (non-hydrogen) atoms. The Bertz CT molecular complexity index is 396. The largest absolute Gasteiger partial charge is 0.299 e. The van der Waals surface area contributed by atoms with Gasteiger partial charge in [0.2, 0.25) is 0 Å². The predicted octanol–water partition coefficient (Wildman–Crippen LogP) is 2.75. The molecule has 0 aromatic carbocycles. The summed E-state index contributed by atoms with van der Waals surface area (Å²) in [6, 6.07) is 0. The zero-order chi connectivity index (χ0) is 11.8. The number of hydrogen-bond donors (Lipinski definition) is 0. The van der Waals surface area contributed by atoms with Crippen molar-refractivity contribution >= 4 is 11.6 Å². The second-order valence-corrected chi connectivity index (χ2v) is 6.76. The van der Waals surface area contributed by atoms with Crippen LogP contribution in [-0.2, 0) is 9.59 Å². The van der Waals surface area contributed by atoms with E-state index in [0.29, 0.717) is 23.9 Å². The van der Waals surface area contributed by atoms with Crippen LogP contribution in [0.2, 0.25) is 0 Å². The van der Waals surface area contributed by atoms with Crippen molar-refractivity contribution in [2.45, 2.75) is 52.9 Å². The molecule has 3 fully saturated rings. The first kappa shape index (κ1) is 10.5. The van der Waals surface area contributed by atoms with E-state index in [1.165, 1.54) is 0 Å². The molecule has 0 radical (unpaired) electrons. The van der Waals surface area contributed by atoms with Crippen LogP contribution in [0.15, 0.2) is 0 Å². The summed E-state index contributed by atoms with van der Waals surface area (Å²) in [6.07, 6.45) is 4.54. The molecule has 0 heterocycles. The molecule has 3 aliphatic rings. The molecule has 88 valence electrons. The van der Waals surface area contributed by atoms with Gasteiger partial charge in [-0.15, -0.1) is 0 Å². The third kappa shape index (κ3) is 0.869. The molecular formula is C14H20O2. The summed E-state index contributed by atoms with van der Waals surface area (Å²) in [5.74, 6) is 1.15. The average Bonchev–Trinajstić information content (AvgIpc) is 2.84. The van der Waals surface area contributed by atoms with Gasteiger partial charge >= 0.3 is 0 Å². The average molecular weight is 220 g/mol. The van der Waals surface area contributed by atoms with Gasteiger partial charge in [0.1, 0.15) is 11.6 Å². The highest BCUT2D eigenvalue weighted by molar-refractivity contribution is 5.91. The normalized spacial score (nSPS) is 49.6. The molecule has 0 N–H and O–H groups in total. The van der Waals surface area contributed by atoms with Crippen LogP contribution >= 0.6 is 0 Å². The van der Waals surface area contributed by atoms with Gasteiger partial charge in [0, 0.05) is 24.2 Å². The first-order valence-corrected chi connectivity index (χ1v) is 6.41.